The largest absolute Gasteiger partial charge is 0.495 e. The lowest BCUT2D eigenvalue weighted by molar-refractivity contribution is -0.143. The highest BCUT2D eigenvalue weighted by atomic mass is 16.5. The lowest BCUT2D eigenvalue weighted by Gasteiger charge is -2.36. The molecular weight excluding hydrogens is 322 g/mol. The zero-order valence-electron chi connectivity index (χ0n) is 15.0. The highest BCUT2D eigenvalue weighted by molar-refractivity contribution is 5.97. The third-order valence-electron chi connectivity index (χ3n) is 4.57. The van der Waals surface area contributed by atoms with Gasteiger partial charge in [0.2, 0.25) is 5.91 Å². The molecule has 0 saturated carbocycles. The summed E-state index contributed by atoms with van der Waals surface area (Å²) >= 11 is 0. The van der Waals surface area contributed by atoms with Gasteiger partial charge in [0.25, 0.3) is 0 Å². The summed E-state index contributed by atoms with van der Waals surface area (Å²) in [7, 11) is 1.58. The summed E-state index contributed by atoms with van der Waals surface area (Å²) in [6, 6.07) is 7.26. The second-order valence-corrected chi connectivity index (χ2v) is 6.58. The third kappa shape index (κ3) is 3.71. The van der Waals surface area contributed by atoms with Crippen LogP contribution < -0.4 is 9.64 Å². The van der Waals surface area contributed by atoms with E-state index in [1.54, 1.807) is 21.8 Å². The van der Waals surface area contributed by atoms with Crippen LogP contribution >= 0.6 is 0 Å². The Kier molecular flexibility index (Phi) is 5.13. The molecule has 0 radical (unpaired) electrons. The number of anilines is 1. The first-order valence-corrected chi connectivity index (χ1v) is 8.62. The molecule has 0 N–H and O–H groups in total. The van der Waals surface area contributed by atoms with Crippen molar-refractivity contribution in [2.45, 2.75) is 26.1 Å². The fourth-order valence-corrected chi connectivity index (χ4v) is 3.45. The molecule has 0 aromatic heterocycles. The van der Waals surface area contributed by atoms with Gasteiger partial charge < -0.3 is 19.3 Å². The topological polar surface area (TPSA) is 62.3 Å². The van der Waals surface area contributed by atoms with Crippen LogP contribution in [0.15, 0.2) is 24.3 Å². The second-order valence-electron chi connectivity index (χ2n) is 6.58. The van der Waals surface area contributed by atoms with E-state index < -0.39 is 0 Å². The Morgan fingerprint density at radius 2 is 1.88 bits per heavy atom. The summed E-state index contributed by atoms with van der Waals surface area (Å²) in [4.78, 5) is 30.4. The van der Waals surface area contributed by atoms with Gasteiger partial charge in [0, 0.05) is 26.2 Å². The van der Waals surface area contributed by atoms with Crippen molar-refractivity contribution in [1.29, 1.82) is 0 Å². The molecule has 136 valence electrons. The van der Waals surface area contributed by atoms with E-state index in [1.807, 2.05) is 38.1 Å². The molecule has 7 heteroatoms. The van der Waals surface area contributed by atoms with Crippen molar-refractivity contribution in [2.75, 3.05) is 44.7 Å². The highest BCUT2D eigenvalue weighted by Crippen LogP contribution is 2.30. The standard InChI is InChI=1S/C18H25N3O4/c1-13-10-20(11-14(2)25-13)17(22)12-19-8-9-21(18(19)23)15-6-4-5-7-16(15)24-3/h4-7,13-14H,8-12H2,1-3H3. The molecule has 2 heterocycles. The minimum absolute atomic E-state index is 0.0204. The van der Waals surface area contributed by atoms with Crippen LogP contribution in [0.3, 0.4) is 0 Å². The smallest absolute Gasteiger partial charge is 0.325 e. The number of ether oxygens (including phenoxy) is 2. The number of morpholine rings is 1. The minimum Gasteiger partial charge on any atom is -0.495 e. The maximum atomic E-state index is 12.7. The highest BCUT2D eigenvalue weighted by Gasteiger charge is 2.34. The van der Waals surface area contributed by atoms with E-state index in [4.69, 9.17) is 9.47 Å². The zero-order valence-corrected chi connectivity index (χ0v) is 15.0. The third-order valence-corrected chi connectivity index (χ3v) is 4.57. The molecule has 25 heavy (non-hydrogen) atoms. The fourth-order valence-electron chi connectivity index (χ4n) is 3.45. The van der Waals surface area contributed by atoms with Gasteiger partial charge in [-0.05, 0) is 26.0 Å². The van der Waals surface area contributed by atoms with Crippen LogP contribution in [-0.4, -0.2) is 73.8 Å². The molecular formula is C18H25N3O4. The summed E-state index contributed by atoms with van der Waals surface area (Å²) in [5.74, 6) is 0.622. The molecule has 2 unspecified atom stereocenters. The molecule has 2 saturated heterocycles. The quantitative estimate of drug-likeness (QED) is 0.829. The number of carbonyl (C=O) groups excluding carboxylic acids is 2. The number of rotatable bonds is 4. The number of carbonyl (C=O) groups is 2. The maximum absolute atomic E-state index is 12.7. The molecule has 2 aliphatic heterocycles. The number of benzene rings is 1. The Morgan fingerprint density at radius 3 is 2.56 bits per heavy atom. The first-order valence-electron chi connectivity index (χ1n) is 8.62. The van der Waals surface area contributed by atoms with Gasteiger partial charge in [0.1, 0.15) is 12.3 Å². The molecule has 2 aliphatic rings. The molecule has 1 aromatic carbocycles. The number of urea groups is 1. The van der Waals surface area contributed by atoms with Crippen LogP contribution in [-0.2, 0) is 9.53 Å². The van der Waals surface area contributed by atoms with Crippen molar-refractivity contribution < 1.29 is 19.1 Å². The fraction of sp³-hybridized carbons (Fsp3) is 0.556. The van der Waals surface area contributed by atoms with E-state index in [9.17, 15) is 9.59 Å². The Balaban J connectivity index is 1.65. The molecule has 0 aliphatic carbocycles. The monoisotopic (exact) mass is 347 g/mol. The van der Waals surface area contributed by atoms with E-state index in [0.717, 1.165) is 5.69 Å². The molecule has 2 atom stereocenters. The number of para-hydroxylation sites is 2. The van der Waals surface area contributed by atoms with Crippen LogP contribution in [0, 0.1) is 0 Å². The van der Waals surface area contributed by atoms with Crippen LogP contribution in [0.4, 0.5) is 10.5 Å². The molecule has 0 bridgehead atoms. The number of nitrogens with zero attached hydrogens (tertiary/aromatic N) is 3. The van der Waals surface area contributed by atoms with E-state index >= 15 is 0 Å². The van der Waals surface area contributed by atoms with Crippen LogP contribution in [0.2, 0.25) is 0 Å². The Morgan fingerprint density at radius 1 is 1.20 bits per heavy atom. The van der Waals surface area contributed by atoms with Crippen LogP contribution in [0.1, 0.15) is 13.8 Å². The van der Waals surface area contributed by atoms with Crippen molar-refractivity contribution in [3.63, 3.8) is 0 Å². The number of hydrogen-bond acceptors (Lipinski definition) is 4. The zero-order chi connectivity index (χ0) is 18.0. The van der Waals surface area contributed by atoms with Gasteiger partial charge >= 0.3 is 6.03 Å². The van der Waals surface area contributed by atoms with Crippen molar-refractivity contribution in [2.24, 2.45) is 0 Å². The lowest BCUT2D eigenvalue weighted by atomic mass is 10.2. The van der Waals surface area contributed by atoms with E-state index in [-0.39, 0.29) is 30.7 Å². The van der Waals surface area contributed by atoms with Gasteiger partial charge in [-0.1, -0.05) is 12.1 Å². The van der Waals surface area contributed by atoms with Crippen molar-refractivity contribution in [3.8, 4) is 5.75 Å². The Hall–Kier alpha value is -2.28. The van der Waals surface area contributed by atoms with E-state index in [0.29, 0.717) is 31.9 Å². The van der Waals surface area contributed by atoms with Crippen LogP contribution in [0.5, 0.6) is 5.75 Å². The molecule has 3 amide bonds. The van der Waals surface area contributed by atoms with Gasteiger partial charge in [0.15, 0.2) is 0 Å². The van der Waals surface area contributed by atoms with Gasteiger partial charge in [-0.15, -0.1) is 0 Å². The molecule has 2 fully saturated rings. The summed E-state index contributed by atoms with van der Waals surface area (Å²) in [5.41, 5.74) is 0.735. The summed E-state index contributed by atoms with van der Waals surface area (Å²) in [6.07, 6.45) is 0.0408. The second kappa shape index (κ2) is 7.31. The summed E-state index contributed by atoms with van der Waals surface area (Å²) < 4.78 is 11.0. The maximum Gasteiger partial charge on any atom is 0.325 e. The number of amides is 3. The average Bonchev–Trinajstić information content (AvgIpc) is 2.94. The first kappa shape index (κ1) is 17.5. The Labute approximate surface area is 148 Å². The SMILES string of the molecule is COc1ccccc1N1CCN(CC(=O)N2CC(C)OC(C)C2)C1=O. The first-order chi connectivity index (χ1) is 12.0. The molecule has 0 spiro atoms. The van der Waals surface area contributed by atoms with Crippen molar-refractivity contribution >= 4 is 17.6 Å². The van der Waals surface area contributed by atoms with Gasteiger partial charge in [-0.2, -0.15) is 0 Å². The summed E-state index contributed by atoms with van der Waals surface area (Å²) in [6.45, 7) is 6.23. The van der Waals surface area contributed by atoms with Crippen molar-refractivity contribution in [3.05, 3.63) is 24.3 Å². The van der Waals surface area contributed by atoms with Gasteiger partial charge in [-0.3, -0.25) is 9.69 Å². The predicted octanol–water partition coefficient (Wildman–Crippen LogP) is 1.57. The van der Waals surface area contributed by atoms with Gasteiger partial charge in [-0.25, -0.2) is 4.79 Å². The molecule has 3 rings (SSSR count). The average molecular weight is 347 g/mol. The molecule has 7 nitrogen and oxygen atoms in total. The molecule has 1 aromatic rings. The van der Waals surface area contributed by atoms with Crippen LogP contribution in [0.25, 0.3) is 0 Å². The van der Waals surface area contributed by atoms with E-state index in [2.05, 4.69) is 0 Å². The minimum atomic E-state index is -0.160. The Bertz CT molecular complexity index is 641. The normalized spacial score (nSPS) is 24.0. The predicted molar refractivity (Wildman–Crippen MR) is 93.9 cm³/mol. The summed E-state index contributed by atoms with van der Waals surface area (Å²) in [5, 5.41) is 0. The lowest BCUT2D eigenvalue weighted by Crippen LogP contribution is -2.51. The van der Waals surface area contributed by atoms with Crippen molar-refractivity contribution in [1.82, 2.24) is 9.80 Å². The van der Waals surface area contributed by atoms with Gasteiger partial charge in [0.05, 0.1) is 25.0 Å². The number of methoxy groups -OCH3 is 1. The number of hydrogen-bond donors (Lipinski definition) is 0. The van der Waals surface area contributed by atoms with E-state index in [1.165, 1.54) is 0 Å².